The maximum atomic E-state index is 5.61. The second-order valence-electron chi connectivity index (χ2n) is 2.05. The molecule has 0 aliphatic heterocycles. The monoisotopic (exact) mass is 255 g/mol. The van der Waals surface area contributed by atoms with Crippen molar-refractivity contribution in [3.05, 3.63) is 28.0 Å². The van der Waals surface area contributed by atoms with Gasteiger partial charge in [0.15, 0.2) is 0 Å². The summed E-state index contributed by atoms with van der Waals surface area (Å²) in [6.07, 6.45) is 1.75. The highest BCUT2D eigenvalue weighted by Crippen LogP contribution is 2.13. The van der Waals surface area contributed by atoms with E-state index in [9.17, 15) is 0 Å². The van der Waals surface area contributed by atoms with E-state index in [0.29, 0.717) is 5.88 Å². The van der Waals surface area contributed by atoms with E-state index in [1.807, 2.05) is 13.0 Å². The van der Waals surface area contributed by atoms with Crippen LogP contribution in [-0.4, -0.2) is 4.98 Å². The molecule has 0 aliphatic carbocycles. The molecule has 0 unspecified atom stereocenters. The zero-order valence-electron chi connectivity index (χ0n) is 5.97. The highest BCUT2D eigenvalue weighted by molar-refractivity contribution is 9.10. The van der Waals surface area contributed by atoms with Gasteiger partial charge < -0.3 is 0 Å². The molecule has 11 heavy (non-hydrogen) atoms. The molecule has 0 fully saturated rings. The van der Waals surface area contributed by atoms with Gasteiger partial charge >= 0.3 is 0 Å². The van der Waals surface area contributed by atoms with Gasteiger partial charge in [0, 0.05) is 10.7 Å². The number of hydrogen-bond donors (Lipinski definition) is 0. The summed E-state index contributed by atoms with van der Waals surface area (Å²) in [5.41, 5.74) is 2.08. The van der Waals surface area contributed by atoms with Crippen molar-refractivity contribution in [2.24, 2.45) is 0 Å². The second-order valence-corrected chi connectivity index (χ2v) is 3.23. The van der Waals surface area contributed by atoms with Gasteiger partial charge in [-0.25, -0.2) is 0 Å². The molecule has 62 valence electrons. The second kappa shape index (κ2) is 4.96. The Morgan fingerprint density at radius 2 is 2.27 bits per heavy atom. The lowest BCUT2D eigenvalue weighted by Crippen LogP contribution is -1.88. The molecule has 1 heterocycles. The summed E-state index contributed by atoms with van der Waals surface area (Å²) >= 11 is 8.93. The minimum absolute atomic E-state index is 0. The van der Waals surface area contributed by atoms with Crippen LogP contribution < -0.4 is 0 Å². The lowest BCUT2D eigenvalue weighted by Gasteiger charge is -1.99. The molecule has 0 saturated carbocycles. The van der Waals surface area contributed by atoms with Crippen LogP contribution in [0.3, 0.4) is 0 Å². The van der Waals surface area contributed by atoms with Gasteiger partial charge in [-0.3, -0.25) is 4.98 Å². The molecule has 4 heteroatoms. The van der Waals surface area contributed by atoms with Gasteiger partial charge in [0.1, 0.15) is 0 Å². The van der Waals surface area contributed by atoms with Crippen molar-refractivity contribution in [2.45, 2.75) is 12.8 Å². The van der Waals surface area contributed by atoms with Crippen LogP contribution in [-0.2, 0) is 5.88 Å². The van der Waals surface area contributed by atoms with Crippen molar-refractivity contribution in [1.82, 2.24) is 4.98 Å². The van der Waals surface area contributed by atoms with Gasteiger partial charge in [-0.2, -0.15) is 0 Å². The van der Waals surface area contributed by atoms with Gasteiger partial charge in [-0.05, 0) is 34.5 Å². The zero-order valence-corrected chi connectivity index (χ0v) is 9.13. The predicted molar refractivity (Wildman–Crippen MR) is 53.5 cm³/mol. The van der Waals surface area contributed by atoms with Crippen molar-refractivity contribution in [1.29, 1.82) is 0 Å². The van der Waals surface area contributed by atoms with E-state index in [-0.39, 0.29) is 12.4 Å². The highest BCUT2D eigenvalue weighted by Gasteiger charge is 1.96. The fourth-order valence-electron chi connectivity index (χ4n) is 0.709. The van der Waals surface area contributed by atoms with E-state index in [4.69, 9.17) is 11.6 Å². The third kappa shape index (κ3) is 2.97. The van der Waals surface area contributed by atoms with Crippen LogP contribution in [0.2, 0.25) is 0 Å². The fraction of sp³-hybridized carbons (Fsp3) is 0.286. The zero-order chi connectivity index (χ0) is 7.56. The van der Waals surface area contributed by atoms with Gasteiger partial charge in [-0.15, -0.1) is 24.0 Å². The number of halogens is 3. The molecule has 0 aromatic carbocycles. The van der Waals surface area contributed by atoms with Crippen LogP contribution in [0.5, 0.6) is 0 Å². The summed E-state index contributed by atoms with van der Waals surface area (Å²) in [5.74, 6) is 0.485. The minimum Gasteiger partial charge on any atom is -0.259 e. The highest BCUT2D eigenvalue weighted by atomic mass is 79.9. The summed E-state index contributed by atoms with van der Waals surface area (Å²) in [6.45, 7) is 2.00. The Morgan fingerprint density at radius 1 is 1.64 bits per heavy atom. The van der Waals surface area contributed by atoms with Gasteiger partial charge in [0.05, 0.1) is 11.6 Å². The summed E-state index contributed by atoms with van der Waals surface area (Å²) in [6, 6.07) is 2.00. The first-order valence-corrected chi connectivity index (χ1v) is 4.24. The van der Waals surface area contributed by atoms with Crippen LogP contribution in [0, 0.1) is 6.92 Å². The molecule has 1 rings (SSSR count). The Labute approximate surface area is 85.7 Å². The SMILES string of the molecule is Cc1cc(Br)cnc1CCl.Cl. The van der Waals surface area contributed by atoms with Crippen LogP contribution >= 0.6 is 39.9 Å². The molecule has 1 nitrogen and oxygen atoms in total. The molecule has 0 aliphatic rings. The molecular weight excluding hydrogens is 249 g/mol. The number of alkyl halides is 1. The average Bonchev–Trinajstić information content (AvgIpc) is 1.88. The molecule has 0 saturated heterocycles. The predicted octanol–water partition coefficient (Wildman–Crippen LogP) is 3.31. The third-order valence-corrected chi connectivity index (χ3v) is 1.97. The molecule has 0 atom stereocenters. The van der Waals surface area contributed by atoms with Crippen molar-refractivity contribution in [2.75, 3.05) is 0 Å². The molecule has 1 aromatic heterocycles. The van der Waals surface area contributed by atoms with Gasteiger partial charge in [0.2, 0.25) is 0 Å². The van der Waals surface area contributed by atoms with Crippen molar-refractivity contribution < 1.29 is 0 Å². The first-order valence-electron chi connectivity index (χ1n) is 2.91. The Balaban J connectivity index is 0.000001000. The Hall–Kier alpha value is 0.210. The standard InChI is InChI=1S/C7H7BrClN.ClH/c1-5-2-6(8)4-10-7(5)3-9;/h2,4H,3H2,1H3;1H. The first kappa shape index (κ1) is 11.2. The van der Waals surface area contributed by atoms with E-state index < -0.39 is 0 Å². The smallest absolute Gasteiger partial charge is 0.0650 e. The van der Waals surface area contributed by atoms with E-state index in [0.717, 1.165) is 15.7 Å². The molecule has 0 radical (unpaired) electrons. The maximum absolute atomic E-state index is 5.61. The molecule has 0 amide bonds. The van der Waals surface area contributed by atoms with E-state index in [2.05, 4.69) is 20.9 Å². The minimum atomic E-state index is 0. The van der Waals surface area contributed by atoms with E-state index in [1.54, 1.807) is 6.20 Å². The Bertz CT molecular complexity index is 240. The van der Waals surface area contributed by atoms with Gasteiger partial charge in [-0.1, -0.05) is 0 Å². The van der Waals surface area contributed by atoms with Crippen LogP contribution in [0.25, 0.3) is 0 Å². The molecular formula is C7H8BrCl2N. The molecule has 1 aromatic rings. The van der Waals surface area contributed by atoms with E-state index >= 15 is 0 Å². The van der Waals surface area contributed by atoms with Gasteiger partial charge in [0.25, 0.3) is 0 Å². The maximum Gasteiger partial charge on any atom is 0.0650 e. The van der Waals surface area contributed by atoms with Crippen LogP contribution in [0.1, 0.15) is 11.3 Å². The molecule has 0 bridgehead atoms. The third-order valence-electron chi connectivity index (χ3n) is 1.28. The van der Waals surface area contributed by atoms with Crippen molar-refractivity contribution >= 4 is 39.9 Å². The number of aryl methyl sites for hydroxylation is 1. The number of rotatable bonds is 1. The lowest BCUT2D eigenvalue weighted by molar-refractivity contribution is 1.11. The van der Waals surface area contributed by atoms with Crippen LogP contribution in [0.15, 0.2) is 16.7 Å². The number of nitrogens with zero attached hydrogens (tertiary/aromatic N) is 1. The number of hydrogen-bond acceptors (Lipinski definition) is 1. The summed E-state index contributed by atoms with van der Waals surface area (Å²) < 4.78 is 0.999. The fourth-order valence-corrected chi connectivity index (χ4v) is 1.43. The first-order chi connectivity index (χ1) is 4.74. The lowest BCUT2D eigenvalue weighted by atomic mass is 10.2. The molecule has 0 spiro atoms. The topological polar surface area (TPSA) is 12.9 Å². The normalized spacial score (nSPS) is 9.00. The summed E-state index contributed by atoms with van der Waals surface area (Å²) in [4.78, 5) is 4.12. The summed E-state index contributed by atoms with van der Waals surface area (Å²) in [5, 5.41) is 0. The van der Waals surface area contributed by atoms with Crippen molar-refractivity contribution in [3.8, 4) is 0 Å². The quantitative estimate of drug-likeness (QED) is 0.703. The Morgan fingerprint density at radius 3 is 2.73 bits per heavy atom. The Kier molecular flexibility index (Phi) is 5.06. The van der Waals surface area contributed by atoms with Crippen LogP contribution in [0.4, 0.5) is 0 Å². The van der Waals surface area contributed by atoms with E-state index in [1.165, 1.54) is 0 Å². The summed E-state index contributed by atoms with van der Waals surface area (Å²) in [7, 11) is 0. The average molecular weight is 257 g/mol. The number of pyridine rings is 1. The largest absolute Gasteiger partial charge is 0.259 e. The molecule has 0 N–H and O–H groups in total. The number of aromatic nitrogens is 1. The van der Waals surface area contributed by atoms with Crippen molar-refractivity contribution in [3.63, 3.8) is 0 Å².